The summed E-state index contributed by atoms with van der Waals surface area (Å²) < 4.78 is 0. The Kier molecular flexibility index (Phi) is 13.0. The molecule has 0 radical (unpaired) electrons. The van der Waals surface area contributed by atoms with Crippen LogP contribution in [0, 0.1) is 12.3 Å². The normalized spacial score (nSPS) is 21.8. The fourth-order valence-electron chi connectivity index (χ4n) is 9.42. The minimum atomic E-state index is -0.1000. The summed E-state index contributed by atoms with van der Waals surface area (Å²) in [6.07, 6.45) is 11.7. The third-order valence-corrected chi connectivity index (χ3v) is 10.0. The summed E-state index contributed by atoms with van der Waals surface area (Å²) in [5.41, 5.74) is 0.748. The Balaban J connectivity index is 1.60. The number of hydrogen-bond acceptors (Lipinski definition) is 8. The predicted molar refractivity (Wildman–Crippen MR) is 201 cm³/mol. The zero-order chi connectivity index (χ0) is 35.5. The van der Waals surface area contributed by atoms with E-state index in [-0.39, 0.29) is 33.1 Å². The molecule has 47 heavy (non-hydrogen) atoms. The van der Waals surface area contributed by atoms with Crippen molar-refractivity contribution < 1.29 is 0 Å². The molecule has 3 rings (SSSR count). The molecule has 1 aromatic heterocycles. The van der Waals surface area contributed by atoms with E-state index >= 15 is 0 Å². The molecular weight excluding hydrogens is 580 g/mol. The predicted octanol–water partition coefficient (Wildman–Crippen LogP) is 7.76. The number of aryl methyl sites for hydroxylation is 1. The van der Waals surface area contributed by atoms with Gasteiger partial charge in [-0.05, 0) is 147 Å². The summed E-state index contributed by atoms with van der Waals surface area (Å²) in [4.78, 5) is 19.8. The van der Waals surface area contributed by atoms with Gasteiger partial charge in [-0.1, -0.05) is 33.6 Å². The number of aromatic nitrogens is 3. The largest absolute Gasteiger partial charge is 0.349 e. The molecule has 8 nitrogen and oxygen atoms in total. The van der Waals surface area contributed by atoms with E-state index in [0.29, 0.717) is 18.0 Å². The van der Waals surface area contributed by atoms with E-state index in [4.69, 9.17) is 9.97 Å². The highest BCUT2D eigenvalue weighted by Crippen LogP contribution is 2.33. The minimum absolute atomic E-state index is 0.1000. The lowest BCUT2D eigenvalue weighted by molar-refractivity contribution is 0.0647. The Morgan fingerprint density at radius 1 is 0.681 bits per heavy atom. The van der Waals surface area contributed by atoms with Crippen molar-refractivity contribution in [2.45, 2.75) is 201 Å². The van der Waals surface area contributed by atoms with Gasteiger partial charge < -0.3 is 20.9 Å². The van der Waals surface area contributed by atoms with E-state index in [1.165, 1.54) is 45.1 Å². The lowest BCUT2D eigenvalue weighted by Gasteiger charge is -2.50. The summed E-state index contributed by atoms with van der Waals surface area (Å²) in [6, 6.07) is 1.20. The second-order valence-corrected chi connectivity index (χ2v) is 20.0. The number of rotatable bonds is 15. The van der Waals surface area contributed by atoms with Crippen LogP contribution in [0.4, 0.5) is 5.95 Å². The molecule has 0 aliphatic carbocycles. The van der Waals surface area contributed by atoms with Crippen molar-refractivity contribution in [3.8, 4) is 0 Å². The maximum absolute atomic E-state index is 4.94. The molecule has 2 aliphatic heterocycles. The molecule has 1 aromatic rings. The molecule has 272 valence electrons. The molecule has 3 N–H and O–H groups in total. The van der Waals surface area contributed by atoms with Crippen molar-refractivity contribution in [3.63, 3.8) is 0 Å². The lowest BCUT2D eigenvalue weighted by atomic mass is 9.79. The van der Waals surface area contributed by atoms with Crippen LogP contribution >= 0.6 is 0 Å². The number of anilines is 1. The Labute approximate surface area is 290 Å². The van der Waals surface area contributed by atoms with Gasteiger partial charge >= 0.3 is 0 Å². The maximum Gasteiger partial charge on any atom is 0.226 e. The number of unbranched alkanes of at least 4 members (excludes halogenated alkanes) is 3. The van der Waals surface area contributed by atoms with Crippen molar-refractivity contribution in [1.29, 1.82) is 0 Å². The van der Waals surface area contributed by atoms with Crippen LogP contribution in [0.15, 0.2) is 0 Å². The molecular formula is C39H76N8. The van der Waals surface area contributed by atoms with E-state index in [9.17, 15) is 0 Å². The van der Waals surface area contributed by atoms with Crippen LogP contribution < -0.4 is 16.0 Å². The van der Waals surface area contributed by atoms with E-state index in [1.807, 2.05) is 6.92 Å². The molecule has 0 spiro atoms. The standard InChI is InChI=1S/C39H76N8/c1-29-40-32(42-33(41-29)43-39(13,14)28-34(2,3)4)20-23-47(31-26-37(9,10)45-38(11,12)27-31)22-19-17-16-18-21-46(15)30-24-35(5,6)44-36(7,8)25-30/h30-31,44-45H,16-28H2,1-15H3,(H,40,41,42,43). The zero-order valence-electron chi connectivity index (χ0n) is 33.6. The van der Waals surface area contributed by atoms with Gasteiger partial charge in [-0.3, -0.25) is 4.90 Å². The lowest BCUT2D eigenvalue weighted by Crippen LogP contribution is -2.62. The molecule has 0 unspecified atom stereocenters. The molecule has 0 bridgehead atoms. The van der Waals surface area contributed by atoms with Gasteiger partial charge in [0.2, 0.25) is 5.95 Å². The summed E-state index contributed by atoms with van der Waals surface area (Å²) in [6.45, 7) is 35.6. The Bertz CT molecular complexity index is 1100. The van der Waals surface area contributed by atoms with Crippen LogP contribution in [0.2, 0.25) is 0 Å². The number of hydrogen-bond donors (Lipinski definition) is 3. The zero-order valence-corrected chi connectivity index (χ0v) is 33.6. The quantitative estimate of drug-likeness (QED) is 0.165. The average Bonchev–Trinajstić information content (AvgIpc) is 2.81. The highest BCUT2D eigenvalue weighted by molar-refractivity contribution is 5.29. The van der Waals surface area contributed by atoms with E-state index in [0.717, 1.165) is 50.4 Å². The Morgan fingerprint density at radius 2 is 1.17 bits per heavy atom. The third kappa shape index (κ3) is 14.2. The summed E-state index contributed by atoms with van der Waals surface area (Å²) in [5, 5.41) is 11.4. The number of piperidine rings is 2. The molecule has 3 heterocycles. The van der Waals surface area contributed by atoms with Gasteiger partial charge in [0, 0.05) is 52.7 Å². The van der Waals surface area contributed by atoms with Gasteiger partial charge in [-0.2, -0.15) is 9.97 Å². The van der Waals surface area contributed by atoms with Crippen LogP contribution in [-0.4, -0.2) is 91.2 Å². The molecule has 0 amide bonds. The van der Waals surface area contributed by atoms with Crippen LogP contribution in [0.25, 0.3) is 0 Å². The van der Waals surface area contributed by atoms with Crippen molar-refractivity contribution in [2.75, 3.05) is 32.0 Å². The van der Waals surface area contributed by atoms with Crippen LogP contribution in [0.5, 0.6) is 0 Å². The van der Waals surface area contributed by atoms with E-state index in [1.54, 1.807) is 0 Å². The fraction of sp³-hybridized carbons (Fsp3) is 0.923. The molecule has 2 aliphatic rings. The topological polar surface area (TPSA) is 81.2 Å². The van der Waals surface area contributed by atoms with Gasteiger partial charge in [0.1, 0.15) is 11.6 Å². The van der Waals surface area contributed by atoms with Crippen LogP contribution in [0.1, 0.15) is 159 Å². The van der Waals surface area contributed by atoms with Gasteiger partial charge in [-0.25, -0.2) is 4.98 Å². The first-order chi connectivity index (χ1) is 21.3. The summed E-state index contributed by atoms with van der Waals surface area (Å²) in [7, 11) is 2.35. The molecule has 8 heteroatoms. The average molecular weight is 657 g/mol. The smallest absolute Gasteiger partial charge is 0.226 e. The molecule has 0 atom stereocenters. The monoisotopic (exact) mass is 657 g/mol. The third-order valence-electron chi connectivity index (χ3n) is 10.0. The first-order valence-electron chi connectivity index (χ1n) is 18.9. The Morgan fingerprint density at radius 3 is 1.68 bits per heavy atom. The second-order valence-electron chi connectivity index (χ2n) is 20.0. The first-order valence-corrected chi connectivity index (χ1v) is 18.9. The Hall–Kier alpha value is -1.35. The SMILES string of the molecule is Cc1nc(CCN(CCCCCCN(C)C2CC(C)(C)NC(C)(C)C2)C2CC(C)(C)NC(C)(C)C2)nc(NC(C)(C)CC(C)(C)C)n1. The minimum Gasteiger partial charge on any atom is -0.349 e. The highest BCUT2D eigenvalue weighted by atomic mass is 15.2. The van der Waals surface area contributed by atoms with Crippen molar-refractivity contribution >= 4 is 5.95 Å². The first kappa shape index (κ1) is 40.1. The van der Waals surface area contributed by atoms with E-state index in [2.05, 4.69) is 128 Å². The fourth-order valence-corrected chi connectivity index (χ4v) is 9.42. The molecule has 2 saturated heterocycles. The number of nitrogens with zero attached hydrogens (tertiary/aromatic N) is 5. The summed E-state index contributed by atoms with van der Waals surface area (Å²) >= 11 is 0. The van der Waals surface area contributed by atoms with Crippen LogP contribution in [0.3, 0.4) is 0 Å². The maximum atomic E-state index is 4.94. The van der Waals surface area contributed by atoms with Gasteiger partial charge in [0.15, 0.2) is 0 Å². The van der Waals surface area contributed by atoms with Crippen LogP contribution in [-0.2, 0) is 6.42 Å². The summed E-state index contributed by atoms with van der Waals surface area (Å²) in [5.74, 6) is 2.40. The molecule has 2 fully saturated rings. The van der Waals surface area contributed by atoms with Gasteiger partial charge in [-0.15, -0.1) is 0 Å². The van der Waals surface area contributed by atoms with Crippen molar-refractivity contribution in [1.82, 2.24) is 35.4 Å². The number of nitrogens with one attached hydrogen (secondary N) is 3. The van der Waals surface area contributed by atoms with Crippen molar-refractivity contribution in [2.24, 2.45) is 5.41 Å². The molecule has 0 aromatic carbocycles. The van der Waals surface area contributed by atoms with E-state index < -0.39 is 0 Å². The molecule has 0 saturated carbocycles. The van der Waals surface area contributed by atoms with Gasteiger partial charge in [0.05, 0.1) is 0 Å². The highest BCUT2D eigenvalue weighted by Gasteiger charge is 2.40. The van der Waals surface area contributed by atoms with Crippen molar-refractivity contribution in [3.05, 3.63) is 11.6 Å². The van der Waals surface area contributed by atoms with Gasteiger partial charge in [0.25, 0.3) is 0 Å². The second kappa shape index (κ2) is 15.3.